The number of nitrogens with one attached hydrogen (secondary N) is 2. The zero-order valence-corrected chi connectivity index (χ0v) is 11.5. The minimum Gasteiger partial charge on any atom is -0.350 e. The zero-order valence-electron chi connectivity index (χ0n) is 10.7. The Morgan fingerprint density at radius 1 is 1.35 bits per heavy atom. The second-order valence-electron chi connectivity index (χ2n) is 4.77. The largest absolute Gasteiger partial charge is 0.350 e. The molecular formula is C12H15ClN6O. The monoisotopic (exact) mass is 294 g/mol. The highest BCUT2D eigenvalue weighted by Crippen LogP contribution is 2.32. The number of rotatable bonds is 4. The Bertz CT molecular complexity index is 579. The van der Waals surface area contributed by atoms with E-state index in [9.17, 15) is 4.79 Å². The summed E-state index contributed by atoms with van der Waals surface area (Å²) < 4.78 is 0. The number of halogens is 1. The summed E-state index contributed by atoms with van der Waals surface area (Å²) in [6.45, 7) is 0.476. The standard InChI is InChI=1S/C12H14N6O.ClH/c13-12(5-6-12)11(19)14-7-8-1-3-9(4-2-8)10-15-17-18-16-10;/h1-4H,5-7,13H2,(H,14,19)(H,15,16,17,18);1H. The third-order valence-electron chi connectivity index (χ3n) is 3.25. The predicted molar refractivity (Wildman–Crippen MR) is 74.9 cm³/mol. The summed E-state index contributed by atoms with van der Waals surface area (Å²) in [5.41, 5.74) is 7.06. The van der Waals surface area contributed by atoms with Crippen molar-refractivity contribution >= 4 is 18.3 Å². The summed E-state index contributed by atoms with van der Waals surface area (Å²) in [7, 11) is 0. The number of tetrazole rings is 1. The smallest absolute Gasteiger partial charge is 0.240 e. The van der Waals surface area contributed by atoms with Gasteiger partial charge in [-0.15, -0.1) is 22.6 Å². The van der Waals surface area contributed by atoms with Crippen molar-refractivity contribution in [2.24, 2.45) is 5.73 Å². The van der Waals surface area contributed by atoms with Gasteiger partial charge in [0.05, 0.1) is 5.54 Å². The lowest BCUT2D eigenvalue weighted by Crippen LogP contribution is -2.42. The number of carbonyl (C=O) groups is 1. The van der Waals surface area contributed by atoms with Crippen LogP contribution in [0.15, 0.2) is 24.3 Å². The lowest BCUT2D eigenvalue weighted by atomic mass is 10.1. The maximum absolute atomic E-state index is 11.7. The van der Waals surface area contributed by atoms with Crippen molar-refractivity contribution in [3.63, 3.8) is 0 Å². The van der Waals surface area contributed by atoms with Gasteiger partial charge in [0.2, 0.25) is 11.7 Å². The van der Waals surface area contributed by atoms with E-state index in [0.29, 0.717) is 12.4 Å². The fourth-order valence-corrected chi connectivity index (χ4v) is 1.78. The van der Waals surface area contributed by atoms with E-state index in [1.165, 1.54) is 0 Å². The molecule has 20 heavy (non-hydrogen) atoms. The van der Waals surface area contributed by atoms with Crippen LogP contribution >= 0.6 is 12.4 Å². The predicted octanol–water partition coefficient (Wildman–Crippen LogP) is 0.396. The molecule has 0 atom stereocenters. The van der Waals surface area contributed by atoms with E-state index in [-0.39, 0.29) is 18.3 Å². The second-order valence-corrected chi connectivity index (χ2v) is 4.77. The van der Waals surface area contributed by atoms with Gasteiger partial charge in [-0.25, -0.2) is 0 Å². The summed E-state index contributed by atoms with van der Waals surface area (Å²) in [6.07, 6.45) is 1.55. The molecule has 1 aromatic carbocycles. The Balaban J connectivity index is 0.00000147. The first kappa shape index (κ1) is 14.4. The number of hydrogen-bond donors (Lipinski definition) is 3. The number of benzene rings is 1. The van der Waals surface area contributed by atoms with E-state index in [1.54, 1.807) is 0 Å². The van der Waals surface area contributed by atoms with Crippen LogP contribution in [0.4, 0.5) is 0 Å². The first-order valence-corrected chi connectivity index (χ1v) is 6.07. The highest BCUT2D eigenvalue weighted by molar-refractivity contribution is 5.88. The van der Waals surface area contributed by atoms with Gasteiger partial charge in [-0.3, -0.25) is 4.79 Å². The summed E-state index contributed by atoms with van der Waals surface area (Å²) >= 11 is 0. The quantitative estimate of drug-likeness (QED) is 0.756. The molecule has 106 valence electrons. The molecule has 4 N–H and O–H groups in total. The first-order chi connectivity index (χ1) is 9.17. The second kappa shape index (κ2) is 5.56. The Hall–Kier alpha value is -1.99. The summed E-state index contributed by atoms with van der Waals surface area (Å²) in [4.78, 5) is 11.7. The molecule has 0 radical (unpaired) electrons. The number of H-pyrrole nitrogens is 1. The molecule has 0 aliphatic heterocycles. The van der Waals surface area contributed by atoms with Crippen LogP contribution in [0.3, 0.4) is 0 Å². The molecule has 1 aliphatic rings. The van der Waals surface area contributed by atoms with Crippen LogP contribution in [0.25, 0.3) is 11.4 Å². The van der Waals surface area contributed by atoms with Gasteiger partial charge in [0.25, 0.3) is 0 Å². The van der Waals surface area contributed by atoms with E-state index in [2.05, 4.69) is 25.9 Å². The third-order valence-corrected chi connectivity index (χ3v) is 3.25. The van der Waals surface area contributed by atoms with Crippen molar-refractivity contribution in [1.82, 2.24) is 25.9 Å². The molecule has 1 heterocycles. The summed E-state index contributed by atoms with van der Waals surface area (Å²) in [6, 6.07) is 7.62. The van der Waals surface area contributed by atoms with Crippen LogP contribution in [0, 0.1) is 0 Å². The lowest BCUT2D eigenvalue weighted by Gasteiger charge is -2.10. The van der Waals surface area contributed by atoms with Gasteiger partial charge >= 0.3 is 0 Å². The van der Waals surface area contributed by atoms with Crippen LogP contribution in [-0.4, -0.2) is 32.1 Å². The zero-order chi connectivity index (χ0) is 13.3. The topological polar surface area (TPSA) is 110 Å². The van der Waals surface area contributed by atoms with E-state index < -0.39 is 5.54 Å². The molecule has 1 saturated carbocycles. The number of aromatic amines is 1. The van der Waals surface area contributed by atoms with Gasteiger partial charge in [-0.1, -0.05) is 24.3 Å². The number of amides is 1. The molecule has 3 rings (SSSR count). The van der Waals surface area contributed by atoms with E-state index >= 15 is 0 Å². The van der Waals surface area contributed by atoms with Gasteiger partial charge in [0.1, 0.15) is 0 Å². The molecule has 1 aromatic heterocycles. The number of hydrogen-bond acceptors (Lipinski definition) is 5. The van der Waals surface area contributed by atoms with Crippen molar-refractivity contribution in [1.29, 1.82) is 0 Å². The highest BCUT2D eigenvalue weighted by atomic mass is 35.5. The Kier molecular flexibility index (Phi) is 4.01. The van der Waals surface area contributed by atoms with Gasteiger partial charge in [0, 0.05) is 12.1 Å². The van der Waals surface area contributed by atoms with Crippen LogP contribution in [0.5, 0.6) is 0 Å². The van der Waals surface area contributed by atoms with Crippen LogP contribution in [-0.2, 0) is 11.3 Å². The van der Waals surface area contributed by atoms with Crippen LogP contribution < -0.4 is 11.1 Å². The Morgan fingerprint density at radius 3 is 2.60 bits per heavy atom. The summed E-state index contributed by atoms with van der Waals surface area (Å²) in [5, 5.41) is 16.5. The Morgan fingerprint density at radius 2 is 2.05 bits per heavy atom. The molecule has 8 heteroatoms. The molecule has 1 aliphatic carbocycles. The number of carbonyl (C=O) groups excluding carboxylic acids is 1. The van der Waals surface area contributed by atoms with Crippen LogP contribution in [0.2, 0.25) is 0 Å². The van der Waals surface area contributed by atoms with Crippen molar-refractivity contribution in [3.05, 3.63) is 29.8 Å². The molecule has 0 spiro atoms. The van der Waals surface area contributed by atoms with Crippen molar-refractivity contribution in [2.45, 2.75) is 24.9 Å². The van der Waals surface area contributed by atoms with Gasteiger partial charge in [-0.2, -0.15) is 5.21 Å². The van der Waals surface area contributed by atoms with E-state index in [4.69, 9.17) is 5.73 Å². The third kappa shape index (κ3) is 2.94. The fraction of sp³-hybridized carbons (Fsp3) is 0.333. The molecule has 2 aromatic rings. The molecule has 1 fully saturated rings. The molecule has 0 unspecified atom stereocenters. The summed E-state index contributed by atoms with van der Waals surface area (Å²) in [5.74, 6) is 0.476. The minimum atomic E-state index is -0.620. The number of nitrogens with zero attached hydrogens (tertiary/aromatic N) is 3. The fourth-order valence-electron chi connectivity index (χ4n) is 1.78. The van der Waals surface area contributed by atoms with Gasteiger partial charge < -0.3 is 11.1 Å². The van der Waals surface area contributed by atoms with E-state index in [0.717, 1.165) is 24.0 Å². The Labute approximate surface area is 121 Å². The molecule has 7 nitrogen and oxygen atoms in total. The maximum Gasteiger partial charge on any atom is 0.240 e. The van der Waals surface area contributed by atoms with Crippen molar-refractivity contribution in [2.75, 3.05) is 0 Å². The molecule has 0 saturated heterocycles. The van der Waals surface area contributed by atoms with E-state index in [1.807, 2.05) is 24.3 Å². The minimum absolute atomic E-state index is 0. The first-order valence-electron chi connectivity index (χ1n) is 6.07. The SMILES string of the molecule is Cl.NC1(C(=O)NCc2ccc(-c3nn[nH]n3)cc2)CC1. The number of aromatic nitrogens is 4. The van der Waals surface area contributed by atoms with Gasteiger partial charge in [-0.05, 0) is 23.6 Å². The van der Waals surface area contributed by atoms with Crippen molar-refractivity contribution in [3.8, 4) is 11.4 Å². The lowest BCUT2D eigenvalue weighted by molar-refractivity contribution is -0.123. The molecule has 1 amide bonds. The highest BCUT2D eigenvalue weighted by Gasteiger charge is 2.45. The molecule has 0 bridgehead atoms. The average molecular weight is 295 g/mol. The normalized spacial score (nSPS) is 15.2. The van der Waals surface area contributed by atoms with Crippen LogP contribution in [0.1, 0.15) is 18.4 Å². The average Bonchev–Trinajstić information content (AvgIpc) is 2.97. The van der Waals surface area contributed by atoms with Gasteiger partial charge in [0.15, 0.2) is 0 Å². The number of nitrogens with two attached hydrogens (primary N) is 1. The van der Waals surface area contributed by atoms with Crippen molar-refractivity contribution < 1.29 is 4.79 Å². The maximum atomic E-state index is 11.7. The molecular weight excluding hydrogens is 280 g/mol.